The molecule has 0 N–H and O–H groups in total. The summed E-state index contributed by atoms with van der Waals surface area (Å²) in [4.78, 5) is 0. The zero-order valence-corrected chi connectivity index (χ0v) is 9.52. The summed E-state index contributed by atoms with van der Waals surface area (Å²) in [5.74, 6) is 0. The molecule has 1 aliphatic rings. The van der Waals surface area contributed by atoms with Crippen molar-refractivity contribution < 1.29 is 0 Å². The Morgan fingerprint density at radius 2 is 2.18 bits per heavy atom. The molecule has 0 radical (unpaired) electrons. The maximum Gasteiger partial charge on any atom is 0.0214 e. The van der Waals surface area contributed by atoms with Crippen LogP contribution < -0.4 is 0 Å². The van der Waals surface area contributed by atoms with Gasteiger partial charge in [-0.3, -0.25) is 0 Å². The summed E-state index contributed by atoms with van der Waals surface area (Å²) in [6.07, 6.45) is 3.29. The summed E-state index contributed by atoms with van der Waals surface area (Å²) in [6, 6.07) is 6.41. The van der Waals surface area contributed by atoms with E-state index in [2.05, 4.69) is 62.8 Å². The summed E-state index contributed by atoms with van der Waals surface area (Å²) in [7, 11) is 0. The van der Waals surface area contributed by atoms with Crippen LogP contribution in [0.3, 0.4) is 0 Å². The zero-order valence-electron chi connectivity index (χ0n) is 5.77. The van der Waals surface area contributed by atoms with Crippen LogP contribution >= 0.6 is 38.5 Å². The maximum atomic E-state index is 3.53. The number of benzene rings is 1. The first-order valence-corrected chi connectivity index (χ1v) is 5.29. The SMILES string of the molecule is BrC1=CCc2c(I)cccc21. The van der Waals surface area contributed by atoms with Crippen molar-refractivity contribution in [1.82, 2.24) is 0 Å². The van der Waals surface area contributed by atoms with Crippen LogP contribution in [0.15, 0.2) is 24.3 Å². The van der Waals surface area contributed by atoms with Crippen molar-refractivity contribution in [2.75, 3.05) is 0 Å². The van der Waals surface area contributed by atoms with Gasteiger partial charge in [0.25, 0.3) is 0 Å². The molecule has 0 saturated carbocycles. The fourth-order valence-corrected chi connectivity index (χ4v) is 2.54. The lowest BCUT2D eigenvalue weighted by Gasteiger charge is -2.01. The van der Waals surface area contributed by atoms with Gasteiger partial charge in [-0.05, 0) is 46.2 Å². The van der Waals surface area contributed by atoms with E-state index in [0.29, 0.717) is 0 Å². The normalized spacial score (nSPS) is 14.5. The first-order chi connectivity index (χ1) is 5.29. The minimum absolute atomic E-state index is 1.08. The lowest BCUT2D eigenvalue weighted by Crippen LogP contribution is -1.85. The van der Waals surface area contributed by atoms with Crippen molar-refractivity contribution in [1.29, 1.82) is 0 Å². The smallest absolute Gasteiger partial charge is 0.0214 e. The van der Waals surface area contributed by atoms with Crippen molar-refractivity contribution in [2.45, 2.75) is 6.42 Å². The summed E-state index contributed by atoms with van der Waals surface area (Å²) >= 11 is 5.91. The number of hydrogen-bond acceptors (Lipinski definition) is 0. The molecule has 0 bridgehead atoms. The predicted octanol–water partition coefficient (Wildman–Crippen LogP) is 3.58. The molecule has 56 valence electrons. The van der Waals surface area contributed by atoms with E-state index in [-0.39, 0.29) is 0 Å². The fraction of sp³-hybridized carbons (Fsp3) is 0.111. The predicted molar refractivity (Wildman–Crippen MR) is 59.8 cm³/mol. The van der Waals surface area contributed by atoms with Crippen molar-refractivity contribution in [3.05, 3.63) is 39.0 Å². The minimum Gasteiger partial charge on any atom is -0.0652 e. The van der Waals surface area contributed by atoms with Crippen LogP contribution in [0.25, 0.3) is 4.48 Å². The highest BCUT2D eigenvalue weighted by atomic mass is 127. The van der Waals surface area contributed by atoms with Gasteiger partial charge < -0.3 is 0 Å². The van der Waals surface area contributed by atoms with E-state index in [1.165, 1.54) is 19.2 Å². The van der Waals surface area contributed by atoms with Crippen LogP contribution in [0.2, 0.25) is 0 Å². The highest BCUT2D eigenvalue weighted by Gasteiger charge is 2.12. The van der Waals surface area contributed by atoms with Crippen LogP contribution in [0.1, 0.15) is 11.1 Å². The van der Waals surface area contributed by atoms with E-state index in [0.717, 1.165) is 6.42 Å². The van der Waals surface area contributed by atoms with Crippen LogP contribution in [-0.4, -0.2) is 0 Å². The second kappa shape index (κ2) is 2.90. The Kier molecular flexibility index (Phi) is 2.06. The molecule has 0 spiro atoms. The van der Waals surface area contributed by atoms with Gasteiger partial charge in [0.05, 0.1) is 0 Å². The first kappa shape index (κ1) is 7.80. The van der Waals surface area contributed by atoms with Gasteiger partial charge in [0.1, 0.15) is 0 Å². The third-order valence-electron chi connectivity index (χ3n) is 1.86. The van der Waals surface area contributed by atoms with Crippen LogP contribution in [-0.2, 0) is 6.42 Å². The third-order valence-corrected chi connectivity index (χ3v) is 3.62. The lowest BCUT2D eigenvalue weighted by atomic mass is 10.1. The van der Waals surface area contributed by atoms with E-state index in [1.807, 2.05) is 0 Å². The summed E-state index contributed by atoms with van der Waals surface area (Å²) in [6.45, 7) is 0. The molecule has 2 heteroatoms. The quantitative estimate of drug-likeness (QED) is 0.641. The average molecular weight is 321 g/mol. The molecule has 0 heterocycles. The summed E-state index contributed by atoms with van der Waals surface area (Å²) in [5.41, 5.74) is 2.82. The molecule has 1 aromatic rings. The maximum absolute atomic E-state index is 3.53. The van der Waals surface area contributed by atoms with Gasteiger partial charge in [0.15, 0.2) is 0 Å². The number of hydrogen-bond donors (Lipinski definition) is 0. The second-order valence-electron chi connectivity index (χ2n) is 2.52. The molecule has 0 atom stereocenters. The standard InChI is InChI=1S/C9H6BrI/c10-8-5-4-7-6(8)2-1-3-9(7)11/h1-3,5H,4H2. The van der Waals surface area contributed by atoms with Gasteiger partial charge in [-0.15, -0.1) is 0 Å². The molecule has 0 aromatic heterocycles. The Hall–Kier alpha value is 0.170. The molecule has 0 fully saturated rings. The molecule has 0 saturated heterocycles. The molecule has 0 amide bonds. The Bertz CT molecular complexity index is 328. The third kappa shape index (κ3) is 1.26. The van der Waals surface area contributed by atoms with Crippen molar-refractivity contribution in [3.63, 3.8) is 0 Å². The van der Waals surface area contributed by atoms with Gasteiger partial charge in [-0.25, -0.2) is 0 Å². The molecule has 1 aromatic carbocycles. The van der Waals surface area contributed by atoms with E-state index in [4.69, 9.17) is 0 Å². The number of allylic oxidation sites excluding steroid dienone is 1. The molecule has 2 rings (SSSR count). The van der Waals surface area contributed by atoms with E-state index in [1.54, 1.807) is 0 Å². The minimum atomic E-state index is 1.08. The Morgan fingerprint density at radius 1 is 1.36 bits per heavy atom. The van der Waals surface area contributed by atoms with Crippen LogP contribution in [0, 0.1) is 3.57 Å². The monoisotopic (exact) mass is 320 g/mol. The van der Waals surface area contributed by atoms with Gasteiger partial charge in [0.2, 0.25) is 0 Å². The Labute approximate surface area is 88.0 Å². The number of fused-ring (bicyclic) bond motifs is 1. The van der Waals surface area contributed by atoms with Crippen molar-refractivity contribution >= 4 is 43.0 Å². The van der Waals surface area contributed by atoms with Crippen LogP contribution in [0.4, 0.5) is 0 Å². The highest BCUT2D eigenvalue weighted by Crippen LogP contribution is 2.33. The molecule has 0 unspecified atom stereocenters. The number of halogens is 2. The van der Waals surface area contributed by atoms with E-state index in [9.17, 15) is 0 Å². The van der Waals surface area contributed by atoms with Crippen molar-refractivity contribution in [2.24, 2.45) is 0 Å². The molecule has 0 aliphatic heterocycles. The molecule has 1 aliphatic carbocycles. The molecular weight excluding hydrogens is 315 g/mol. The fourth-order valence-electron chi connectivity index (χ4n) is 1.29. The molecule has 0 nitrogen and oxygen atoms in total. The second-order valence-corrected chi connectivity index (χ2v) is 4.54. The average Bonchev–Trinajstić information content (AvgIpc) is 2.35. The van der Waals surface area contributed by atoms with Gasteiger partial charge in [-0.1, -0.05) is 34.1 Å². The van der Waals surface area contributed by atoms with Gasteiger partial charge >= 0.3 is 0 Å². The summed E-state index contributed by atoms with van der Waals surface area (Å²) < 4.78 is 2.61. The van der Waals surface area contributed by atoms with Crippen LogP contribution in [0.5, 0.6) is 0 Å². The Balaban J connectivity index is 2.64. The highest BCUT2D eigenvalue weighted by molar-refractivity contribution is 14.1. The summed E-state index contributed by atoms with van der Waals surface area (Å²) in [5, 5.41) is 0. The zero-order chi connectivity index (χ0) is 7.84. The lowest BCUT2D eigenvalue weighted by molar-refractivity contribution is 1.28. The van der Waals surface area contributed by atoms with E-state index < -0.39 is 0 Å². The topological polar surface area (TPSA) is 0 Å². The van der Waals surface area contributed by atoms with Gasteiger partial charge in [-0.2, -0.15) is 0 Å². The number of rotatable bonds is 0. The van der Waals surface area contributed by atoms with Crippen molar-refractivity contribution in [3.8, 4) is 0 Å². The Morgan fingerprint density at radius 3 is 2.91 bits per heavy atom. The first-order valence-electron chi connectivity index (χ1n) is 3.42. The van der Waals surface area contributed by atoms with Gasteiger partial charge in [0, 0.05) is 8.05 Å². The molecular formula is C9H6BrI. The van der Waals surface area contributed by atoms with E-state index >= 15 is 0 Å². The molecule has 11 heavy (non-hydrogen) atoms. The largest absolute Gasteiger partial charge is 0.0652 e.